The zero-order valence-corrected chi connectivity index (χ0v) is 18.3. The van der Waals surface area contributed by atoms with Crippen LogP contribution in [0.5, 0.6) is 5.75 Å². The predicted octanol–water partition coefficient (Wildman–Crippen LogP) is 5.93. The van der Waals surface area contributed by atoms with E-state index in [2.05, 4.69) is 14.8 Å². The maximum atomic E-state index is 14.5. The van der Waals surface area contributed by atoms with Crippen LogP contribution in [-0.2, 0) is 0 Å². The van der Waals surface area contributed by atoms with Crippen molar-refractivity contribution in [3.63, 3.8) is 0 Å². The summed E-state index contributed by atoms with van der Waals surface area (Å²) in [5.41, 5.74) is 0.964. The molecule has 0 spiro atoms. The highest BCUT2D eigenvalue weighted by atomic mass is 35.5. The van der Waals surface area contributed by atoms with Gasteiger partial charge in [-0.25, -0.2) is 14.2 Å². The summed E-state index contributed by atoms with van der Waals surface area (Å²) in [6, 6.07) is 9.15. The molecule has 6 nitrogen and oxygen atoms in total. The third-order valence-corrected chi connectivity index (χ3v) is 5.51. The minimum absolute atomic E-state index is 0.0459. The highest BCUT2D eigenvalue weighted by Gasteiger charge is 2.24. The Morgan fingerprint density at radius 3 is 2.62 bits per heavy atom. The fourth-order valence-corrected chi connectivity index (χ4v) is 3.94. The van der Waals surface area contributed by atoms with Gasteiger partial charge in [0.1, 0.15) is 17.2 Å². The van der Waals surface area contributed by atoms with E-state index in [9.17, 15) is 14.3 Å². The van der Waals surface area contributed by atoms with E-state index >= 15 is 0 Å². The van der Waals surface area contributed by atoms with E-state index < -0.39 is 22.8 Å². The Balaban J connectivity index is 2.24. The highest BCUT2D eigenvalue weighted by Crippen LogP contribution is 2.38. The molecule has 160 valence electrons. The van der Waals surface area contributed by atoms with Crippen molar-refractivity contribution >= 4 is 28.3 Å². The number of fused-ring (bicyclic) bond motifs is 1. The molecule has 0 bridgehead atoms. The van der Waals surface area contributed by atoms with Gasteiger partial charge in [0.2, 0.25) is 0 Å². The van der Waals surface area contributed by atoms with Crippen molar-refractivity contribution in [3.05, 3.63) is 86.5 Å². The van der Waals surface area contributed by atoms with Gasteiger partial charge in [0.15, 0.2) is 0 Å². The quantitative estimate of drug-likeness (QED) is 0.394. The molecule has 4 aromatic rings. The van der Waals surface area contributed by atoms with Gasteiger partial charge in [-0.1, -0.05) is 37.6 Å². The summed E-state index contributed by atoms with van der Waals surface area (Å²) in [6.45, 7) is 13.1. The third kappa shape index (κ3) is 3.29. The van der Waals surface area contributed by atoms with Crippen LogP contribution in [0.3, 0.4) is 0 Å². The van der Waals surface area contributed by atoms with Gasteiger partial charge >= 0.3 is 0 Å². The smallest absolute Gasteiger partial charge is 0.292 e. The molecule has 3 aromatic heterocycles. The topological polar surface area (TPSA) is 72.4 Å². The van der Waals surface area contributed by atoms with Crippen LogP contribution in [0.4, 0.5) is 10.1 Å². The number of hydrogen-bond donors (Lipinski definition) is 1. The van der Waals surface area contributed by atoms with Crippen molar-refractivity contribution in [2.24, 2.45) is 0 Å². The molecule has 1 aromatic carbocycles. The number of aromatic hydroxyl groups is 1. The molecule has 0 atom stereocenters. The van der Waals surface area contributed by atoms with Gasteiger partial charge < -0.3 is 5.11 Å². The van der Waals surface area contributed by atoms with Crippen LogP contribution in [0.15, 0.2) is 47.4 Å². The Bertz CT molecular complexity index is 1490. The molecular formula is C24H18ClFN4O2. The van der Waals surface area contributed by atoms with Crippen molar-refractivity contribution in [1.82, 2.24) is 14.5 Å². The van der Waals surface area contributed by atoms with Gasteiger partial charge in [-0.3, -0.25) is 14.3 Å². The van der Waals surface area contributed by atoms with Crippen molar-refractivity contribution in [3.8, 4) is 22.7 Å². The lowest BCUT2D eigenvalue weighted by atomic mass is 10.0. The summed E-state index contributed by atoms with van der Waals surface area (Å²) >= 11 is 6.41. The van der Waals surface area contributed by atoms with Gasteiger partial charge in [-0.15, -0.1) is 0 Å². The van der Waals surface area contributed by atoms with E-state index in [1.807, 2.05) is 20.8 Å². The molecule has 0 aliphatic carbocycles. The van der Waals surface area contributed by atoms with Gasteiger partial charge in [-0.2, -0.15) is 0 Å². The predicted molar refractivity (Wildman–Crippen MR) is 122 cm³/mol. The first kappa shape index (κ1) is 21.5. The first-order chi connectivity index (χ1) is 15.3. The lowest BCUT2D eigenvalue weighted by Gasteiger charge is -2.19. The van der Waals surface area contributed by atoms with Crippen LogP contribution < -0.4 is 5.56 Å². The van der Waals surface area contributed by atoms with Crippen LogP contribution in [0.1, 0.15) is 31.0 Å². The number of aromatic nitrogens is 3. The minimum atomic E-state index is -0.739. The second kappa shape index (κ2) is 8.06. The van der Waals surface area contributed by atoms with Gasteiger partial charge in [0.05, 0.1) is 34.1 Å². The first-order valence-corrected chi connectivity index (χ1v) is 10.2. The van der Waals surface area contributed by atoms with E-state index in [0.29, 0.717) is 11.4 Å². The number of nitrogens with zero attached hydrogens (tertiary/aromatic N) is 4. The molecule has 8 heteroatoms. The molecule has 3 heterocycles. The molecule has 0 radical (unpaired) electrons. The van der Waals surface area contributed by atoms with E-state index in [1.54, 1.807) is 24.4 Å². The van der Waals surface area contributed by atoms with Crippen LogP contribution in [-0.4, -0.2) is 19.6 Å². The van der Waals surface area contributed by atoms with Crippen LogP contribution >= 0.6 is 11.6 Å². The number of rotatable bonds is 3. The third-order valence-electron chi connectivity index (χ3n) is 5.22. The van der Waals surface area contributed by atoms with E-state index in [1.165, 1.54) is 22.8 Å². The van der Waals surface area contributed by atoms with Crippen LogP contribution in [0.2, 0.25) is 5.02 Å². The van der Waals surface area contributed by atoms with Gasteiger partial charge in [0.25, 0.3) is 11.2 Å². The molecule has 0 saturated heterocycles. The summed E-state index contributed by atoms with van der Waals surface area (Å²) < 4.78 is 15.8. The Labute approximate surface area is 188 Å². The number of aryl methyl sites for hydroxylation is 1. The van der Waals surface area contributed by atoms with E-state index in [4.69, 9.17) is 18.2 Å². The normalized spacial score (nSPS) is 11.2. The number of hydrogen-bond acceptors (Lipinski definition) is 4. The minimum Gasteiger partial charge on any atom is -0.518 e. The van der Waals surface area contributed by atoms with Crippen molar-refractivity contribution in [1.29, 1.82) is 0 Å². The zero-order valence-electron chi connectivity index (χ0n) is 17.5. The van der Waals surface area contributed by atoms with Crippen LogP contribution in [0, 0.1) is 19.3 Å². The van der Waals surface area contributed by atoms with Gasteiger partial charge in [0, 0.05) is 11.8 Å². The first-order valence-electron chi connectivity index (χ1n) is 9.82. The maximum absolute atomic E-state index is 14.5. The SMILES string of the molecule is [C-]#[N+]c1c(O)c2cc(Cl)c(-c3ccccc3F)nc2n(-c2c(C)ccnc2C(C)C)c1=O. The summed E-state index contributed by atoms with van der Waals surface area (Å²) in [7, 11) is 0. The largest absolute Gasteiger partial charge is 0.518 e. The summed E-state index contributed by atoms with van der Waals surface area (Å²) in [4.78, 5) is 25.6. The highest BCUT2D eigenvalue weighted by molar-refractivity contribution is 6.33. The average molecular weight is 449 g/mol. The molecule has 0 fully saturated rings. The molecule has 32 heavy (non-hydrogen) atoms. The molecule has 0 amide bonds. The summed E-state index contributed by atoms with van der Waals surface area (Å²) in [5.74, 6) is -1.09. The van der Waals surface area contributed by atoms with Crippen LogP contribution in [0.25, 0.3) is 32.8 Å². The maximum Gasteiger partial charge on any atom is 0.292 e. The molecule has 4 rings (SSSR count). The number of pyridine rings is 3. The molecule has 1 N–H and O–H groups in total. The van der Waals surface area contributed by atoms with Crippen molar-refractivity contribution < 1.29 is 9.50 Å². The van der Waals surface area contributed by atoms with Gasteiger partial charge in [-0.05, 0) is 42.7 Å². The molecule has 0 aliphatic heterocycles. The Hall–Kier alpha value is -3.76. The molecular weight excluding hydrogens is 431 g/mol. The lowest BCUT2D eigenvalue weighted by Crippen LogP contribution is -2.22. The number of benzene rings is 1. The molecule has 0 aliphatic rings. The lowest BCUT2D eigenvalue weighted by molar-refractivity contribution is 0.483. The number of halogens is 2. The Morgan fingerprint density at radius 1 is 1.25 bits per heavy atom. The van der Waals surface area contributed by atoms with Crippen molar-refractivity contribution in [2.75, 3.05) is 0 Å². The molecule has 0 saturated carbocycles. The Kier molecular flexibility index (Phi) is 5.41. The monoisotopic (exact) mass is 448 g/mol. The summed E-state index contributed by atoms with van der Waals surface area (Å²) in [5, 5.41) is 10.9. The zero-order chi connectivity index (χ0) is 23.2. The average Bonchev–Trinajstić information content (AvgIpc) is 2.75. The molecule has 0 unspecified atom stereocenters. The standard InChI is InChI=1S/C24H18ClFN4O2/c1-12(2)18-21(13(3)9-10-28-18)30-23-15(22(31)20(27-4)24(30)32)11-16(25)19(29-23)14-7-5-6-8-17(14)26/h5-12,31H,1-3H3. The van der Waals surface area contributed by atoms with E-state index in [0.717, 1.165) is 5.56 Å². The second-order valence-electron chi connectivity index (χ2n) is 7.64. The van der Waals surface area contributed by atoms with E-state index in [-0.39, 0.29) is 33.2 Å². The summed E-state index contributed by atoms with van der Waals surface area (Å²) in [6.07, 6.45) is 1.65. The fourth-order valence-electron chi connectivity index (χ4n) is 3.69. The fraction of sp³-hybridized carbons (Fsp3) is 0.167. The second-order valence-corrected chi connectivity index (χ2v) is 8.04. The Morgan fingerprint density at radius 2 is 1.97 bits per heavy atom. The van der Waals surface area contributed by atoms with Crippen molar-refractivity contribution in [2.45, 2.75) is 26.7 Å².